The quantitative estimate of drug-likeness (QED) is 0.375. The first kappa shape index (κ1) is 9.48. The number of nitrogens with one attached hydrogen (secondary N) is 1. The Kier molecular flexibility index (Phi) is 3.05. The molecule has 12 heavy (non-hydrogen) atoms. The highest BCUT2D eigenvalue weighted by Crippen LogP contribution is 2.16. The molecule has 4 nitrogen and oxygen atoms in total. The SMILES string of the molecule is CON(C)C(=N)C1CCCN1C. The average Bonchev–Trinajstić information content (AvgIpc) is 2.48. The molecule has 1 fully saturated rings. The monoisotopic (exact) mass is 171 g/mol. The van der Waals surface area contributed by atoms with Gasteiger partial charge < -0.3 is 0 Å². The van der Waals surface area contributed by atoms with Crippen molar-refractivity contribution in [2.45, 2.75) is 18.9 Å². The Balaban J connectivity index is 2.51. The lowest BCUT2D eigenvalue weighted by molar-refractivity contribution is -0.0477. The lowest BCUT2D eigenvalue weighted by Crippen LogP contribution is -2.41. The van der Waals surface area contributed by atoms with Gasteiger partial charge in [0.2, 0.25) is 0 Å². The second-order valence-corrected chi connectivity index (χ2v) is 3.20. The fraction of sp³-hybridized carbons (Fsp3) is 0.875. The fourth-order valence-corrected chi connectivity index (χ4v) is 1.56. The van der Waals surface area contributed by atoms with Crippen LogP contribution in [-0.2, 0) is 4.84 Å². The molecule has 1 saturated heterocycles. The molecule has 1 heterocycles. The van der Waals surface area contributed by atoms with Gasteiger partial charge >= 0.3 is 0 Å². The van der Waals surface area contributed by atoms with Crippen molar-refractivity contribution in [1.29, 1.82) is 5.41 Å². The molecular formula is C8H17N3O. The third-order valence-electron chi connectivity index (χ3n) is 2.45. The maximum Gasteiger partial charge on any atom is 0.138 e. The van der Waals surface area contributed by atoms with Crippen LogP contribution < -0.4 is 0 Å². The summed E-state index contributed by atoms with van der Waals surface area (Å²) in [5.74, 6) is 0.553. The second kappa shape index (κ2) is 3.87. The Morgan fingerprint density at radius 2 is 2.33 bits per heavy atom. The van der Waals surface area contributed by atoms with Crippen LogP contribution in [0.4, 0.5) is 0 Å². The lowest BCUT2D eigenvalue weighted by atomic mass is 10.2. The molecule has 1 unspecified atom stereocenters. The highest BCUT2D eigenvalue weighted by atomic mass is 16.7. The van der Waals surface area contributed by atoms with Crippen LogP contribution >= 0.6 is 0 Å². The predicted molar refractivity (Wildman–Crippen MR) is 48.2 cm³/mol. The molecule has 0 aromatic carbocycles. The van der Waals surface area contributed by atoms with Crippen LogP contribution in [0.5, 0.6) is 0 Å². The number of likely N-dealkylation sites (N-methyl/N-ethyl adjacent to an activating group) is 2. The topological polar surface area (TPSA) is 39.6 Å². The minimum Gasteiger partial charge on any atom is -0.297 e. The molecule has 0 saturated carbocycles. The summed E-state index contributed by atoms with van der Waals surface area (Å²) in [6.45, 7) is 1.09. The van der Waals surface area contributed by atoms with Gasteiger partial charge in [-0.3, -0.25) is 15.1 Å². The number of nitrogens with zero attached hydrogens (tertiary/aromatic N) is 2. The molecule has 0 radical (unpaired) electrons. The van der Waals surface area contributed by atoms with Gasteiger partial charge in [0.15, 0.2) is 0 Å². The van der Waals surface area contributed by atoms with E-state index in [4.69, 9.17) is 10.2 Å². The molecule has 1 atom stereocenters. The van der Waals surface area contributed by atoms with Gasteiger partial charge in [-0.1, -0.05) is 0 Å². The van der Waals surface area contributed by atoms with Gasteiger partial charge in [0.05, 0.1) is 13.2 Å². The first-order valence-corrected chi connectivity index (χ1v) is 4.23. The van der Waals surface area contributed by atoms with Gasteiger partial charge in [-0.25, -0.2) is 5.06 Å². The molecule has 4 heteroatoms. The fourth-order valence-electron chi connectivity index (χ4n) is 1.56. The maximum atomic E-state index is 7.78. The molecule has 1 rings (SSSR count). The van der Waals surface area contributed by atoms with Crippen molar-refractivity contribution in [3.05, 3.63) is 0 Å². The molecule has 0 spiro atoms. The molecule has 70 valence electrons. The summed E-state index contributed by atoms with van der Waals surface area (Å²) in [5, 5.41) is 9.30. The van der Waals surface area contributed by atoms with Crippen LogP contribution in [0.3, 0.4) is 0 Å². The number of likely N-dealkylation sites (tertiary alicyclic amines) is 1. The van der Waals surface area contributed by atoms with E-state index in [0.29, 0.717) is 5.84 Å². The van der Waals surface area contributed by atoms with Gasteiger partial charge in [-0.05, 0) is 26.4 Å². The van der Waals surface area contributed by atoms with E-state index < -0.39 is 0 Å². The number of hydrogen-bond acceptors (Lipinski definition) is 3. The van der Waals surface area contributed by atoms with Crippen molar-refractivity contribution in [2.75, 3.05) is 27.7 Å². The number of amidine groups is 1. The third-order valence-corrected chi connectivity index (χ3v) is 2.45. The van der Waals surface area contributed by atoms with E-state index >= 15 is 0 Å². The van der Waals surface area contributed by atoms with Crippen molar-refractivity contribution in [3.63, 3.8) is 0 Å². The van der Waals surface area contributed by atoms with Crippen LogP contribution in [0.15, 0.2) is 0 Å². The van der Waals surface area contributed by atoms with Crippen LogP contribution in [0, 0.1) is 5.41 Å². The van der Waals surface area contributed by atoms with Crippen molar-refractivity contribution in [1.82, 2.24) is 9.96 Å². The Morgan fingerprint density at radius 3 is 2.75 bits per heavy atom. The van der Waals surface area contributed by atoms with Gasteiger partial charge in [-0.2, -0.15) is 0 Å². The van der Waals surface area contributed by atoms with Crippen LogP contribution in [0.1, 0.15) is 12.8 Å². The normalized spacial score (nSPS) is 24.4. The van der Waals surface area contributed by atoms with E-state index in [1.807, 2.05) is 0 Å². The lowest BCUT2D eigenvalue weighted by Gasteiger charge is -2.25. The minimum atomic E-state index is 0.245. The smallest absolute Gasteiger partial charge is 0.138 e. The number of rotatable bonds is 2. The van der Waals surface area contributed by atoms with Gasteiger partial charge in [0.25, 0.3) is 0 Å². The second-order valence-electron chi connectivity index (χ2n) is 3.20. The standard InChI is InChI=1S/C8H17N3O/c1-10-6-4-5-7(10)8(9)11(2)12-3/h7,9H,4-6H2,1-3H3. The summed E-state index contributed by atoms with van der Waals surface area (Å²) in [6.07, 6.45) is 2.25. The van der Waals surface area contributed by atoms with Crippen molar-refractivity contribution < 1.29 is 4.84 Å². The van der Waals surface area contributed by atoms with Gasteiger partial charge in [-0.15, -0.1) is 0 Å². The summed E-state index contributed by atoms with van der Waals surface area (Å²) in [5.41, 5.74) is 0. The number of hydrogen-bond donors (Lipinski definition) is 1. The van der Waals surface area contributed by atoms with E-state index in [-0.39, 0.29) is 6.04 Å². The first-order chi connectivity index (χ1) is 5.66. The summed E-state index contributed by atoms with van der Waals surface area (Å²) in [6, 6.07) is 0.245. The molecular weight excluding hydrogens is 154 g/mol. The molecule has 0 amide bonds. The predicted octanol–water partition coefficient (Wildman–Crippen LogP) is 0.551. The molecule has 0 bridgehead atoms. The first-order valence-electron chi connectivity index (χ1n) is 4.23. The maximum absolute atomic E-state index is 7.78. The highest BCUT2D eigenvalue weighted by Gasteiger charge is 2.26. The summed E-state index contributed by atoms with van der Waals surface area (Å²) < 4.78 is 0. The van der Waals surface area contributed by atoms with Crippen LogP contribution in [0.25, 0.3) is 0 Å². The van der Waals surface area contributed by atoms with Crippen molar-refractivity contribution in [3.8, 4) is 0 Å². The molecule has 1 aliphatic heterocycles. The summed E-state index contributed by atoms with van der Waals surface area (Å²) in [7, 11) is 5.41. The zero-order valence-electron chi connectivity index (χ0n) is 8.00. The Morgan fingerprint density at radius 1 is 1.67 bits per heavy atom. The van der Waals surface area contributed by atoms with E-state index in [2.05, 4.69) is 11.9 Å². The summed E-state index contributed by atoms with van der Waals surface area (Å²) in [4.78, 5) is 7.15. The molecule has 0 aromatic rings. The Bertz CT molecular complexity index is 172. The van der Waals surface area contributed by atoms with Gasteiger partial charge in [0, 0.05) is 7.05 Å². The van der Waals surface area contributed by atoms with Crippen molar-refractivity contribution in [2.24, 2.45) is 0 Å². The third kappa shape index (κ3) is 1.76. The zero-order valence-corrected chi connectivity index (χ0v) is 8.00. The Hall–Kier alpha value is -0.610. The molecule has 1 aliphatic rings. The van der Waals surface area contributed by atoms with E-state index in [1.54, 1.807) is 14.2 Å². The largest absolute Gasteiger partial charge is 0.297 e. The van der Waals surface area contributed by atoms with Gasteiger partial charge in [0.1, 0.15) is 5.84 Å². The molecule has 1 N–H and O–H groups in total. The van der Waals surface area contributed by atoms with Crippen LogP contribution in [-0.4, -0.2) is 49.6 Å². The summed E-state index contributed by atoms with van der Waals surface area (Å²) >= 11 is 0. The minimum absolute atomic E-state index is 0.245. The highest BCUT2D eigenvalue weighted by molar-refractivity contribution is 5.83. The van der Waals surface area contributed by atoms with Crippen LogP contribution in [0.2, 0.25) is 0 Å². The molecule has 0 aromatic heterocycles. The van der Waals surface area contributed by atoms with Crippen molar-refractivity contribution >= 4 is 5.84 Å². The Labute approximate surface area is 73.6 Å². The zero-order chi connectivity index (χ0) is 9.14. The molecule has 0 aliphatic carbocycles. The van der Waals surface area contributed by atoms with E-state index in [1.165, 1.54) is 11.5 Å². The van der Waals surface area contributed by atoms with E-state index in [9.17, 15) is 0 Å². The average molecular weight is 171 g/mol. The number of hydroxylamine groups is 2. The van der Waals surface area contributed by atoms with E-state index in [0.717, 1.165) is 13.0 Å².